The molecule has 0 radical (unpaired) electrons. The van der Waals surface area contributed by atoms with E-state index >= 15 is 0 Å². The van der Waals surface area contributed by atoms with Crippen molar-refractivity contribution >= 4 is 17.9 Å². The number of carbonyl (C=O) groups excluding carboxylic acids is 3. The predicted octanol–water partition coefficient (Wildman–Crippen LogP) is 15.0. The highest BCUT2D eigenvalue weighted by atomic mass is 16.7. The van der Waals surface area contributed by atoms with Crippen molar-refractivity contribution in [3.05, 3.63) is 109 Å². The second-order valence-electron chi connectivity index (χ2n) is 19.5. The Morgan fingerprint density at radius 2 is 0.803 bits per heavy atom. The van der Waals surface area contributed by atoms with Crippen LogP contribution < -0.4 is 5.11 Å². The number of carbonyl (C=O) groups is 3. The molecule has 0 amide bonds. The van der Waals surface area contributed by atoms with Crippen molar-refractivity contribution in [3.63, 3.8) is 0 Å². The molecule has 9 heteroatoms. The molecule has 0 rings (SSSR count). The maximum Gasteiger partial charge on any atom is 0.306 e. The van der Waals surface area contributed by atoms with Crippen LogP contribution in [-0.4, -0.2) is 82.3 Å². The van der Waals surface area contributed by atoms with Gasteiger partial charge in [0.1, 0.15) is 13.2 Å². The van der Waals surface area contributed by atoms with E-state index in [0.29, 0.717) is 17.4 Å². The standard InChI is InChI=1S/C62H103NO8/c1-6-8-10-12-14-16-18-20-22-23-24-25-26-27-28-29-30-31-32-33-34-35-36-37-39-41-43-45-47-49-51-53-60(65)71-58(57-70-62(61(66)67)68-55-54-63(3,4)5)56-69-59(64)52-50-48-46-44-42-40-38-21-19-17-15-13-11-9-7-2/h8,10,14,16,20-22,24-25,27-28,30-31,33-34,36-38,58,62H,6-7,9,11-13,15,17-19,23,26,29,32,35,39-57H2,1-5H3/b10-8-,16-14-,22-20-,25-24-,28-27-,31-30-,34-33-,37-36-,38-21-. The van der Waals surface area contributed by atoms with Crippen molar-refractivity contribution in [2.45, 2.75) is 219 Å². The molecule has 0 aromatic rings. The second kappa shape index (κ2) is 52.3. The van der Waals surface area contributed by atoms with Crippen LogP contribution in [-0.2, 0) is 33.3 Å². The summed E-state index contributed by atoms with van der Waals surface area (Å²) in [6.45, 7) is 4.58. The van der Waals surface area contributed by atoms with E-state index in [1.54, 1.807) is 0 Å². The summed E-state index contributed by atoms with van der Waals surface area (Å²) in [5.41, 5.74) is 0. The molecule has 0 aliphatic rings. The number of unbranched alkanes of at least 4 members (excludes halogenated alkanes) is 17. The summed E-state index contributed by atoms with van der Waals surface area (Å²) in [5, 5.41) is 11.8. The van der Waals surface area contributed by atoms with Crippen LogP contribution in [0.4, 0.5) is 0 Å². The van der Waals surface area contributed by atoms with Crippen LogP contribution in [0.3, 0.4) is 0 Å². The van der Waals surface area contributed by atoms with Gasteiger partial charge >= 0.3 is 11.9 Å². The molecule has 2 unspecified atom stereocenters. The van der Waals surface area contributed by atoms with Crippen LogP contribution in [0, 0.1) is 0 Å². The van der Waals surface area contributed by atoms with E-state index in [1.165, 1.54) is 44.9 Å². The van der Waals surface area contributed by atoms with Crippen LogP contribution in [0.15, 0.2) is 109 Å². The second-order valence-corrected chi connectivity index (χ2v) is 19.5. The number of quaternary nitrogens is 1. The third-order valence-corrected chi connectivity index (χ3v) is 11.5. The summed E-state index contributed by atoms with van der Waals surface area (Å²) >= 11 is 0. The van der Waals surface area contributed by atoms with Gasteiger partial charge in [-0.15, -0.1) is 0 Å². The molecule has 404 valence electrons. The minimum atomic E-state index is -1.63. The van der Waals surface area contributed by atoms with Crippen molar-refractivity contribution in [1.29, 1.82) is 0 Å². The predicted molar refractivity (Wildman–Crippen MR) is 297 cm³/mol. The molecule has 0 saturated heterocycles. The van der Waals surface area contributed by atoms with Gasteiger partial charge in [-0.3, -0.25) is 9.59 Å². The Bertz CT molecular complexity index is 1530. The molecule has 2 atom stereocenters. The highest BCUT2D eigenvalue weighted by Crippen LogP contribution is 2.13. The molecule has 0 fully saturated rings. The lowest BCUT2D eigenvalue weighted by Crippen LogP contribution is -2.44. The molecule has 0 N–H and O–H groups in total. The fraction of sp³-hybridized carbons (Fsp3) is 0.661. The number of rotatable bonds is 50. The van der Waals surface area contributed by atoms with E-state index < -0.39 is 24.3 Å². The van der Waals surface area contributed by atoms with Gasteiger partial charge in [0.05, 0.1) is 40.3 Å². The normalized spacial score (nSPS) is 13.6. The molecular formula is C62H103NO8. The van der Waals surface area contributed by atoms with Crippen LogP contribution in [0.2, 0.25) is 0 Å². The minimum Gasteiger partial charge on any atom is -0.545 e. The zero-order valence-electron chi connectivity index (χ0n) is 45.8. The molecule has 0 spiro atoms. The summed E-state index contributed by atoms with van der Waals surface area (Å²) in [4.78, 5) is 37.2. The van der Waals surface area contributed by atoms with Gasteiger partial charge in [-0.2, -0.15) is 0 Å². The number of nitrogens with zero attached hydrogens (tertiary/aromatic N) is 1. The number of carboxylic acid groups (broad SMARTS) is 1. The van der Waals surface area contributed by atoms with Gasteiger partial charge in [0.25, 0.3) is 0 Å². The number of hydrogen-bond donors (Lipinski definition) is 0. The fourth-order valence-electron chi connectivity index (χ4n) is 7.19. The molecule has 0 aliphatic heterocycles. The van der Waals surface area contributed by atoms with E-state index in [9.17, 15) is 19.5 Å². The van der Waals surface area contributed by atoms with Gasteiger partial charge in [-0.1, -0.05) is 200 Å². The van der Waals surface area contributed by atoms with E-state index in [0.717, 1.165) is 128 Å². The van der Waals surface area contributed by atoms with Gasteiger partial charge < -0.3 is 33.3 Å². The van der Waals surface area contributed by atoms with Gasteiger partial charge in [-0.05, 0) is 103 Å². The Balaban J connectivity index is 4.32. The Hall–Kier alpha value is -4.05. The number of esters is 2. The quantitative estimate of drug-likeness (QED) is 0.0195. The van der Waals surface area contributed by atoms with Crippen LogP contribution >= 0.6 is 0 Å². The number of ether oxygens (including phenoxy) is 4. The SMILES string of the molecule is CC/C=C\C/C=C\C/C=C\C/C=C\C/C=C\C/C=C\C/C=C\C/C=C\CCCCCCCCC(=O)OC(COC(=O)CCCCCCC/C=C\CCCCCCCC)COC(OCC[N+](C)(C)C)C(=O)[O-]. The molecule has 0 bridgehead atoms. The van der Waals surface area contributed by atoms with Gasteiger partial charge in [-0.25, -0.2) is 0 Å². The number of hydrogen-bond acceptors (Lipinski definition) is 8. The molecular weight excluding hydrogens is 887 g/mol. The first-order valence-electron chi connectivity index (χ1n) is 28.0. The lowest BCUT2D eigenvalue weighted by atomic mass is 10.1. The summed E-state index contributed by atoms with van der Waals surface area (Å²) in [6.07, 6.45) is 68.4. The Kier molecular flexibility index (Phi) is 49.3. The molecule has 0 aromatic carbocycles. The van der Waals surface area contributed by atoms with Crippen molar-refractivity contribution in [2.24, 2.45) is 0 Å². The average Bonchev–Trinajstić information content (AvgIpc) is 3.34. The summed E-state index contributed by atoms with van der Waals surface area (Å²) in [6, 6.07) is 0. The Morgan fingerprint density at radius 3 is 1.21 bits per heavy atom. The summed E-state index contributed by atoms with van der Waals surface area (Å²) in [5.74, 6) is -2.33. The first kappa shape index (κ1) is 67.0. The first-order valence-corrected chi connectivity index (χ1v) is 28.0. The number of carboxylic acids is 1. The minimum absolute atomic E-state index is 0.138. The third kappa shape index (κ3) is 53.6. The van der Waals surface area contributed by atoms with Crippen LogP contribution in [0.1, 0.15) is 206 Å². The molecule has 0 heterocycles. The van der Waals surface area contributed by atoms with E-state index in [-0.39, 0.29) is 38.6 Å². The number of aliphatic carboxylic acids is 1. The van der Waals surface area contributed by atoms with Crippen molar-refractivity contribution in [2.75, 3.05) is 47.5 Å². The lowest BCUT2D eigenvalue weighted by molar-refractivity contribution is -0.870. The van der Waals surface area contributed by atoms with Crippen molar-refractivity contribution in [1.82, 2.24) is 0 Å². The van der Waals surface area contributed by atoms with Gasteiger partial charge in [0.2, 0.25) is 0 Å². The third-order valence-electron chi connectivity index (χ3n) is 11.5. The lowest BCUT2D eigenvalue weighted by Gasteiger charge is -2.26. The van der Waals surface area contributed by atoms with E-state index in [2.05, 4.69) is 123 Å². The Morgan fingerprint density at radius 1 is 0.437 bits per heavy atom. The first-order chi connectivity index (χ1) is 34.6. The highest BCUT2D eigenvalue weighted by Gasteiger charge is 2.22. The van der Waals surface area contributed by atoms with Gasteiger partial charge in [0.15, 0.2) is 12.4 Å². The molecule has 0 aliphatic carbocycles. The largest absolute Gasteiger partial charge is 0.545 e. The monoisotopic (exact) mass is 990 g/mol. The molecule has 9 nitrogen and oxygen atoms in total. The van der Waals surface area contributed by atoms with Crippen LogP contribution in [0.5, 0.6) is 0 Å². The summed E-state index contributed by atoms with van der Waals surface area (Å²) in [7, 11) is 5.90. The fourth-order valence-corrected chi connectivity index (χ4v) is 7.19. The zero-order chi connectivity index (χ0) is 52.0. The van der Waals surface area contributed by atoms with Crippen molar-refractivity contribution < 1.29 is 42.9 Å². The van der Waals surface area contributed by atoms with E-state index in [4.69, 9.17) is 18.9 Å². The van der Waals surface area contributed by atoms with Gasteiger partial charge in [0, 0.05) is 12.8 Å². The number of likely N-dealkylation sites (N-methyl/N-ethyl adjacent to an activating group) is 1. The highest BCUT2D eigenvalue weighted by molar-refractivity contribution is 5.70. The Labute approximate surface area is 434 Å². The molecule has 0 saturated carbocycles. The van der Waals surface area contributed by atoms with Crippen LogP contribution in [0.25, 0.3) is 0 Å². The maximum atomic E-state index is 12.8. The zero-order valence-corrected chi connectivity index (χ0v) is 45.8. The summed E-state index contributed by atoms with van der Waals surface area (Å²) < 4.78 is 22.6. The topological polar surface area (TPSA) is 111 Å². The molecule has 0 aromatic heterocycles. The number of allylic oxidation sites excluding steroid dienone is 18. The average molecular weight is 991 g/mol. The molecule has 71 heavy (non-hydrogen) atoms. The maximum absolute atomic E-state index is 12.8. The van der Waals surface area contributed by atoms with Crippen molar-refractivity contribution in [3.8, 4) is 0 Å². The smallest absolute Gasteiger partial charge is 0.306 e. The van der Waals surface area contributed by atoms with E-state index in [1.807, 2.05) is 21.1 Å².